The molecule has 0 amide bonds. The topological polar surface area (TPSA) is 26.3 Å². The van der Waals surface area contributed by atoms with Crippen LogP contribution >= 0.6 is 0 Å². The summed E-state index contributed by atoms with van der Waals surface area (Å²) in [4.78, 5) is 12.1. The highest BCUT2D eigenvalue weighted by atomic mass is 16.5. The first-order valence-electron chi connectivity index (χ1n) is 6.59. The van der Waals surface area contributed by atoms with Gasteiger partial charge in [-0.25, -0.2) is 0 Å². The molecular formula is C17H16O2. The molecule has 1 aliphatic heterocycles. The molecule has 2 nitrogen and oxygen atoms in total. The van der Waals surface area contributed by atoms with Crippen molar-refractivity contribution in [3.63, 3.8) is 0 Å². The Bertz CT molecular complexity index is 575. The molecule has 0 bridgehead atoms. The van der Waals surface area contributed by atoms with E-state index in [0.717, 1.165) is 12.0 Å². The van der Waals surface area contributed by atoms with E-state index in [-0.39, 0.29) is 11.9 Å². The molecule has 1 aliphatic rings. The Hall–Kier alpha value is -1.93. The number of carbonyl (C=O) groups is 1. The molecule has 19 heavy (non-hydrogen) atoms. The summed E-state index contributed by atoms with van der Waals surface area (Å²) in [5.41, 5.74) is 3.32. The molecule has 0 aromatic heterocycles. The second-order valence-electron chi connectivity index (χ2n) is 4.90. The van der Waals surface area contributed by atoms with Gasteiger partial charge >= 0.3 is 0 Å². The van der Waals surface area contributed by atoms with Crippen molar-refractivity contribution in [3.8, 4) is 0 Å². The summed E-state index contributed by atoms with van der Waals surface area (Å²) in [5, 5.41) is 0. The van der Waals surface area contributed by atoms with Gasteiger partial charge in [0, 0.05) is 12.0 Å². The predicted molar refractivity (Wildman–Crippen MR) is 74.1 cm³/mol. The first kappa shape index (κ1) is 12.1. The van der Waals surface area contributed by atoms with Crippen LogP contribution in [0.5, 0.6) is 0 Å². The lowest BCUT2D eigenvalue weighted by Crippen LogP contribution is -2.25. The summed E-state index contributed by atoms with van der Waals surface area (Å²) >= 11 is 0. The monoisotopic (exact) mass is 252 g/mol. The normalized spacial score (nSPS) is 17.8. The number of Topliss-reactive ketones (excluding diaryl/α,β-unsaturated/α-hetero) is 1. The maximum absolute atomic E-state index is 12.1. The van der Waals surface area contributed by atoms with Crippen molar-refractivity contribution in [2.75, 3.05) is 0 Å². The third-order valence-electron chi connectivity index (χ3n) is 3.55. The summed E-state index contributed by atoms with van der Waals surface area (Å²) in [7, 11) is 0. The van der Waals surface area contributed by atoms with Crippen LogP contribution in [0.1, 0.15) is 27.9 Å². The maximum Gasteiger partial charge on any atom is 0.165 e. The molecule has 0 aliphatic carbocycles. The summed E-state index contributed by atoms with van der Waals surface area (Å²) < 4.78 is 5.78. The lowest BCUT2D eigenvalue weighted by molar-refractivity contribution is 0.0237. The van der Waals surface area contributed by atoms with Gasteiger partial charge in [-0.2, -0.15) is 0 Å². The maximum atomic E-state index is 12.1. The van der Waals surface area contributed by atoms with E-state index in [0.29, 0.717) is 13.0 Å². The molecule has 0 spiro atoms. The molecule has 0 saturated carbocycles. The number of hydrogen-bond acceptors (Lipinski definition) is 2. The van der Waals surface area contributed by atoms with Crippen molar-refractivity contribution in [1.29, 1.82) is 0 Å². The fourth-order valence-corrected chi connectivity index (χ4v) is 2.49. The van der Waals surface area contributed by atoms with Gasteiger partial charge in [0.05, 0.1) is 12.7 Å². The van der Waals surface area contributed by atoms with Crippen molar-refractivity contribution in [3.05, 3.63) is 71.3 Å². The average molecular weight is 252 g/mol. The van der Waals surface area contributed by atoms with Crippen molar-refractivity contribution >= 4 is 5.78 Å². The highest BCUT2D eigenvalue weighted by Gasteiger charge is 2.21. The van der Waals surface area contributed by atoms with Crippen LogP contribution in [0.2, 0.25) is 0 Å². The van der Waals surface area contributed by atoms with Gasteiger partial charge < -0.3 is 4.74 Å². The predicted octanol–water partition coefficient (Wildman–Crippen LogP) is 3.40. The molecule has 2 heteroatoms. The van der Waals surface area contributed by atoms with Crippen molar-refractivity contribution < 1.29 is 9.53 Å². The van der Waals surface area contributed by atoms with E-state index >= 15 is 0 Å². The minimum Gasteiger partial charge on any atom is -0.373 e. The SMILES string of the molecule is O=C(CC1Cc2ccccc2CO1)c1ccccc1. The molecule has 0 fully saturated rings. The zero-order chi connectivity index (χ0) is 13.1. The van der Waals surface area contributed by atoms with E-state index in [1.54, 1.807) is 0 Å². The van der Waals surface area contributed by atoms with Crippen molar-refractivity contribution in [1.82, 2.24) is 0 Å². The van der Waals surface area contributed by atoms with Gasteiger partial charge in [-0.3, -0.25) is 4.79 Å². The molecule has 1 atom stereocenters. The number of hydrogen-bond donors (Lipinski definition) is 0. The van der Waals surface area contributed by atoms with Crippen LogP contribution in [-0.2, 0) is 17.8 Å². The smallest absolute Gasteiger partial charge is 0.165 e. The number of carbonyl (C=O) groups excluding carboxylic acids is 1. The van der Waals surface area contributed by atoms with E-state index in [9.17, 15) is 4.79 Å². The van der Waals surface area contributed by atoms with Gasteiger partial charge in [-0.15, -0.1) is 0 Å². The Labute approximate surface area is 113 Å². The lowest BCUT2D eigenvalue weighted by Gasteiger charge is -2.24. The fraction of sp³-hybridized carbons (Fsp3) is 0.235. The van der Waals surface area contributed by atoms with E-state index in [2.05, 4.69) is 12.1 Å². The second kappa shape index (κ2) is 5.37. The minimum atomic E-state index is 0.00241. The van der Waals surface area contributed by atoms with Crippen LogP contribution in [0.15, 0.2) is 54.6 Å². The van der Waals surface area contributed by atoms with Crippen LogP contribution in [0.25, 0.3) is 0 Å². The van der Waals surface area contributed by atoms with E-state index in [4.69, 9.17) is 4.74 Å². The summed E-state index contributed by atoms with van der Waals surface area (Å²) in [6.07, 6.45) is 1.29. The highest BCUT2D eigenvalue weighted by molar-refractivity contribution is 5.96. The number of benzene rings is 2. The molecular weight excluding hydrogens is 236 g/mol. The minimum absolute atomic E-state index is 0.00241. The van der Waals surface area contributed by atoms with Gasteiger partial charge in [-0.05, 0) is 17.5 Å². The van der Waals surface area contributed by atoms with E-state index < -0.39 is 0 Å². The Kier molecular flexibility index (Phi) is 3.43. The summed E-state index contributed by atoms with van der Waals surface area (Å²) in [5.74, 6) is 0.157. The van der Waals surface area contributed by atoms with Crippen molar-refractivity contribution in [2.24, 2.45) is 0 Å². The van der Waals surface area contributed by atoms with Gasteiger partial charge in [0.2, 0.25) is 0 Å². The third kappa shape index (κ3) is 2.74. The quantitative estimate of drug-likeness (QED) is 0.783. The van der Waals surface area contributed by atoms with Crippen LogP contribution in [0, 0.1) is 0 Å². The molecule has 1 heterocycles. The fourth-order valence-electron chi connectivity index (χ4n) is 2.49. The van der Waals surface area contributed by atoms with Gasteiger partial charge in [0.25, 0.3) is 0 Å². The Balaban J connectivity index is 1.68. The van der Waals surface area contributed by atoms with E-state index in [1.807, 2.05) is 42.5 Å². The second-order valence-corrected chi connectivity index (χ2v) is 4.90. The number of ether oxygens (including phenoxy) is 1. The zero-order valence-electron chi connectivity index (χ0n) is 10.7. The standard InChI is InChI=1S/C17H16O2/c18-17(13-6-2-1-3-7-13)11-16-10-14-8-4-5-9-15(14)12-19-16/h1-9,16H,10-12H2. The lowest BCUT2D eigenvalue weighted by atomic mass is 9.95. The molecule has 0 saturated heterocycles. The van der Waals surface area contributed by atoms with Crippen LogP contribution in [-0.4, -0.2) is 11.9 Å². The molecule has 3 rings (SSSR count). The number of fused-ring (bicyclic) bond motifs is 1. The summed E-state index contributed by atoms with van der Waals surface area (Å²) in [6, 6.07) is 17.7. The Morgan fingerprint density at radius 3 is 2.47 bits per heavy atom. The average Bonchev–Trinajstić information content (AvgIpc) is 2.48. The molecule has 2 aromatic rings. The molecule has 2 aromatic carbocycles. The van der Waals surface area contributed by atoms with Crippen molar-refractivity contribution in [2.45, 2.75) is 25.6 Å². The third-order valence-corrected chi connectivity index (χ3v) is 3.55. The Morgan fingerprint density at radius 1 is 1.00 bits per heavy atom. The van der Waals surface area contributed by atoms with Gasteiger partial charge in [0.1, 0.15) is 0 Å². The molecule has 1 unspecified atom stereocenters. The molecule has 0 radical (unpaired) electrons. The Morgan fingerprint density at radius 2 is 1.68 bits per heavy atom. The first-order valence-corrected chi connectivity index (χ1v) is 6.59. The highest BCUT2D eigenvalue weighted by Crippen LogP contribution is 2.22. The van der Waals surface area contributed by atoms with Gasteiger partial charge in [-0.1, -0.05) is 54.6 Å². The largest absolute Gasteiger partial charge is 0.373 e. The van der Waals surface area contributed by atoms with Crippen LogP contribution < -0.4 is 0 Å². The van der Waals surface area contributed by atoms with E-state index in [1.165, 1.54) is 11.1 Å². The van der Waals surface area contributed by atoms with Crippen LogP contribution in [0.3, 0.4) is 0 Å². The van der Waals surface area contributed by atoms with Crippen LogP contribution in [0.4, 0.5) is 0 Å². The number of rotatable bonds is 3. The zero-order valence-corrected chi connectivity index (χ0v) is 10.7. The number of ketones is 1. The molecule has 96 valence electrons. The van der Waals surface area contributed by atoms with Gasteiger partial charge in [0.15, 0.2) is 5.78 Å². The first-order chi connectivity index (χ1) is 9.33. The summed E-state index contributed by atoms with van der Waals surface area (Å²) in [6.45, 7) is 0.614. The molecule has 0 N–H and O–H groups in total.